The molecule has 6 heteroatoms. The second kappa shape index (κ2) is 5.61. The summed E-state index contributed by atoms with van der Waals surface area (Å²) >= 11 is 0. The highest BCUT2D eigenvalue weighted by Crippen LogP contribution is 2.33. The fourth-order valence-electron chi connectivity index (χ4n) is 2.38. The van der Waals surface area contributed by atoms with Crippen LogP contribution in [0.2, 0.25) is 0 Å². The van der Waals surface area contributed by atoms with Crippen molar-refractivity contribution in [3.63, 3.8) is 0 Å². The Kier molecular flexibility index (Phi) is 3.82. The predicted octanol–water partition coefficient (Wildman–Crippen LogP) is 1.85. The molecular formula is C15H20FN3O2. The van der Waals surface area contributed by atoms with Crippen molar-refractivity contribution in [3.05, 3.63) is 24.0 Å². The summed E-state index contributed by atoms with van der Waals surface area (Å²) < 4.78 is 19.5. The van der Waals surface area contributed by atoms with Crippen molar-refractivity contribution in [2.45, 2.75) is 37.3 Å². The van der Waals surface area contributed by atoms with Gasteiger partial charge in [-0.3, -0.25) is 4.79 Å². The van der Waals surface area contributed by atoms with Gasteiger partial charge in [0, 0.05) is 18.8 Å². The molecule has 0 aromatic heterocycles. The number of halogens is 1. The average Bonchev–Trinajstić information content (AvgIpc) is 3.01. The van der Waals surface area contributed by atoms with Crippen LogP contribution in [0.5, 0.6) is 0 Å². The Hall–Kier alpha value is -1.66. The maximum atomic E-state index is 14.0. The highest BCUT2D eigenvalue weighted by Gasteiger charge is 2.45. The smallest absolute Gasteiger partial charge is 0.244 e. The Morgan fingerprint density at radius 3 is 2.90 bits per heavy atom. The average molecular weight is 293 g/mol. The minimum atomic E-state index is -0.757. The van der Waals surface area contributed by atoms with Crippen molar-refractivity contribution in [1.82, 2.24) is 0 Å². The number of nitrogens with one attached hydrogen (secondary N) is 2. The SMILES string of the molecule is NC1(C(=O)Nc2ccc(NCC3CCCO3)c(F)c2)CC1. The number of carbonyl (C=O) groups excluding carboxylic acids is 1. The van der Waals surface area contributed by atoms with E-state index in [1.165, 1.54) is 6.07 Å². The molecule has 5 nitrogen and oxygen atoms in total. The highest BCUT2D eigenvalue weighted by atomic mass is 19.1. The molecule has 1 aliphatic carbocycles. The first-order chi connectivity index (χ1) is 10.1. The minimum Gasteiger partial charge on any atom is -0.380 e. The molecule has 1 aromatic carbocycles. The molecule has 1 amide bonds. The first-order valence-electron chi connectivity index (χ1n) is 7.32. The van der Waals surface area contributed by atoms with Gasteiger partial charge < -0.3 is 21.1 Å². The van der Waals surface area contributed by atoms with Crippen molar-refractivity contribution >= 4 is 17.3 Å². The van der Waals surface area contributed by atoms with E-state index in [2.05, 4.69) is 10.6 Å². The molecule has 0 bridgehead atoms. The van der Waals surface area contributed by atoms with Gasteiger partial charge in [0.25, 0.3) is 0 Å². The van der Waals surface area contributed by atoms with Crippen molar-refractivity contribution in [1.29, 1.82) is 0 Å². The van der Waals surface area contributed by atoms with Gasteiger partial charge >= 0.3 is 0 Å². The zero-order valence-corrected chi connectivity index (χ0v) is 11.8. The van der Waals surface area contributed by atoms with Crippen LogP contribution in [0.1, 0.15) is 25.7 Å². The molecule has 2 fully saturated rings. The molecular weight excluding hydrogens is 273 g/mol. The van der Waals surface area contributed by atoms with Crippen LogP contribution in [0, 0.1) is 5.82 Å². The molecule has 1 aliphatic heterocycles. The van der Waals surface area contributed by atoms with Crippen LogP contribution in [0.4, 0.5) is 15.8 Å². The van der Waals surface area contributed by atoms with Gasteiger partial charge in [-0.2, -0.15) is 0 Å². The lowest BCUT2D eigenvalue weighted by Crippen LogP contribution is -2.37. The van der Waals surface area contributed by atoms with E-state index in [0.29, 0.717) is 30.8 Å². The monoisotopic (exact) mass is 293 g/mol. The summed E-state index contributed by atoms with van der Waals surface area (Å²) in [5.74, 6) is -0.644. The molecule has 1 saturated carbocycles. The van der Waals surface area contributed by atoms with Crippen molar-refractivity contribution in [2.24, 2.45) is 5.73 Å². The number of amides is 1. The van der Waals surface area contributed by atoms with Crippen LogP contribution in [0.25, 0.3) is 0 Å². The molecule has 21 heavy (non-hydrogen) atoms. The topological polar surface area (TPSA) is 76.4 Å². The van der Waals surface area contributed by atoms with Crippen molar-refractivity contribution in [3.8, 4) is 0 Å². The highest BCUT2D eigenvalue weighted by molar-refractivity contribution is 6.00. The maximum absolute atomic E-state index is 14.0. The van der Waals surface area contributed by atoms with E-state index in [1.807, 2.05) is 0 Å². The number of ether oxygens (including phenoxy) is 1. The van der Waals surface area contributed by atoms with Gasteiger partial charge in [-0.25, -0.2) is 4.39 Å². The van der Waals surface area contributed by atoms with Gasteiger partial charge in [0.05, 0.1) is 17.3 Å². The second-order valence-corrected chi connectivity index (χ2v) is 5.82. The van der Waals surface area contributed by atoms with Crippen LogP contribution in [0.15, 0.2) is 18.2 Å². The Morgan fingerprint density at radius 2 is 2.29 bits per heavy atom. The summed E-state index contributed by atoms with van der Waals surface area (Å²) in [6.45, 7) is 1.37. The van der Waals surface area contributed by atoms with Crippen LogP contribution < -0.4 is 16.4 Å². The third kappa shape index (κ3) is 3.33. The number of benzene rings is 1. The number of anilines is 2. The summed E-state index contributed by atoms with van der Waals surface area (Å²) in [6.07, 6.45) is 3.57. The first kappa shape index (κ1) is 14.3. The molecule has 3 rings (SSSR count). The molecule has 1 saturated heterocycles. The zero-order chi connectivity index (χ0) is 14.9. The Bertz CT molecular complexity index is 540. The fourth-order valence-corrected chi connectivity index (χ4v) is 2.38. The van der Waals surface area contributed by atoms with Crippen molar-refractivity contribution in [2.75, 3.05) is 23.8 Å². The van der Waals surface area contributed by atoms with E-state index >= 15 is 0 Å². The lowest BCUT2D eigenvalue weighted by molar-refractivity contribution is -0.118. The predicted molar refractivity (Wildman–Crippen MR) is 78.6 cm³/mol. The lowest BCUT2D eigenvalue weighted by Gasteiger charge is -2.14. The molecule has 2 aliphatic rings. The molecule has 0 spiro atoms. The van der Waals surface area contributed by atoms with Crippen LogP contribution >= 0.6 is 0 Å². The standard InChI is InChI=1S/C15H20FN3O2/c16-12-8-10(19-14(20)15(17)5-6-15)3-4-13(12)18-9-11-2-1-7-21-11/h3-4,8,11,18H,1-2,5-7,9,17H2,(H,19,20). The summed E-state index contributed by atoms with van der Waals surface area (Å²) in [5.41, 5.74) is 5.88. The van der Waals surface area contributed by atoms with E-state index < -0.39 is 11.4 Å². The molecule has 4 N–H and O–H groups in total. The molecule has 0 radical (unpaired) electrons. The number of hydrogen-bond donors (Lipinski definition) is 3. The minimum absolute atomic E-state index is 0.149. The Balaban J connectivity index is 1.58. The lowest BCUT2D eigenvalue weighted by atomic mass is 10.2. The molecule has 1 heterocycles. The number of hydrogen-bond acceptors (Lipinski definition) is 4. The number of nitrogens with two attached hydrogens (primary N) is 1. The summed E-state index contributed by atoms with van der Waals surface area (Å²) in [5, 5.41) is 5.69. The van der Waals surface area contributed by atoms with Crippen LogP contribution in [0.3, 0.4) is 0 Å². The number of rotatable bonds is 5. The van der Waals surface area contributed by atoms with Crippen LogP contribution in [-0.2, 0) is 9.53 Å². The summed E-state index contributed by atoms with van der Waals surface area (Å²) in [6, 6.07) is 4.60. The molecule has 1 unspecified atom stereocenters. The summed E-state index contributed by atoms with van der Waals surface area (Å²) in [4.78, 5) is 11.8. The number of carbonyl (C=O) groups is 1. The molecule has 1 atom stereocenters. The quantitative estimate of drug-likeness (QED) is 0.774. The van der Waals surface area contributed by atoms with E-state index in [-0.39, 0.29) is 12.0 Å². The zero-order valence-electron chi connectivity index (χ0n) is 11.8. The third-order valence-corrected chi connectivity index (χ3v) is 4.01. The fraction of sp³-hybridized carbons (Fsp3) is 0.533. The second-order valence-electron chi connectivity index (χ2n) is 5.82. The van der Waals surface area contributed by atoms with E-state index in [1.54, 1.807) is 12.1 Å². The molecule has 114 valence electrons. The summed E-state index contributed by atoms with van der Waals surface area (Å²) in [7, 11) is 0. The van der Waals surface area contributed by atoms with E-state index in [9.17, 15) is 9.18 Å². The van der Waals surface area contributed by atoms with Gasteiger partial charge in [0.15, 0.2) is 0 Å². The normalized spacial score (nSPS) is 22.9. The maximum Gasteiger partial charge on any atom is 0.244 e. The van der Waals surface area contributed by atoms with Gasteiger partial charge in [-0.05, 0) is 43.9 Å². The Labute approximate surface area is 123 Å². The van der Waals surface area contributed by atoms with Crippen LogP contribution in [-0.4, -0.2) is 30.7 Å². The van der Waals surface area contributed by atoms with Gasteiger partial charge in [0.2, 0.25) is 5.91 Å². The van der Waals surface area contributed by atoms with Gasteiger partial charge in [-0.15, -0.1) is 0 Å². The molecule has 1 aromatic rings. The van der Waals surface area contributed by atoms with Gasteiger partial charge in [-0.1, -0.05) is 0 Å². The van der Waals surface area contributed by atoms with Crippen molar-refractivity contribution < 1.29 is 13.9 Å². The van der Waals surface area contributed by atoms with E-state index in [0.717, 1.165) is 19.4 Å². The Morgan fingerprint density at radius 1 is 1.48 bits per heavy atom. The third-order valence-electron chi connectivity index (χ3n) is 4.01. The van der Waals surface area contributed by atoms with E-state index in [4.69, 9.17) is 10.5 Å². The van der Waals surface area contributed by atoms with Gasteiger partial charge in [0.1, 0.15) is 5.82 Å². The largest absolute Gasteiger partial charge is 0.380 e. The first-order valence-corrected chi connectivity index (χ1v) is 7.32.